The third-order valence-corrected chi connectivity index (χ3v) is 5.22. The van der Waals surface area contributed by atoms with Crippen LogP contribution in [0.5, 0.6) is 5.75 Å². The van der Waals surface area contributed by atoms with E-state index in [9.17, 15) is 9.59 Å². The first-order chi connectivity index (χ1) is 13.7. The highest BCUT2D eigenvalue weighted by Gasteiger charge is 2.21. The van der Waals surface area contributed by atoms with Crippen molar-refractivity contribution < 1.29 is 14.3 Å². The summed E-state index contributed by atoms with van der Waals surface area (Å²) in [5.74, 6) is 0.430. The van der Waals surface area contributed by atoms with Gasteiger partial charge >= 0.3 is 0 Å². The summed E-state index contributed by atoms with van der Waals surface area (Å²) in [6, 6.07) is 15.6. The second-order valence-electron chi connectivity index (χ2n) is 7.38. The molecule has 1 fully saturated rings. The highest BCUT2D eigenvalue weighted by atomic mass is 16.5. The molecule has 1 atom stereocenters. The Labute approximate surface area is 164 Å². The fourth-order valence-electron chi connectivity index (χ4n) is 3.81. The van der Waals surface area contributed by atoms with E-state index >= 15 is 0 Å². The Hall–Kier alpha value is -2.86. The van der Waals surface area contributed by atoms with Crippen LogP contribution in [0, 0.1) is 0 Å². The van der Waals surface area contributed by atoms with Gasteiger partial charge in [-0.1, -0.05) is 36.4 Å². The van der Waals surface area contributed by atoms with Gasteiger partial charge in [-0.15, -0.1) is 0 Å². The minimum atomic E-state index is -0.177. The first-order valence-corrected chi connectivity index (χ1v) is 9.79. The normalized spacial score (nSPS) is 17.4. The fourth-order valence-corrected chi connectivity index (χ4v) is 3.81. The quantitative estimate of drug-likeness (QED) is 0.809. The first kappa shape index (κ1) is 18.5. The van der Waals surface area contributed by atoms with Gasteiger partial charge in [0.15, 0.2) is 6.61 Å². The maximum Gasteiger partial charge on any atom is 0.262 e. The Balaban J connectivity index is 1.44. The van der Waals surface area contributed by atoms with Gasteiger partial charge < -0.3 is 20.3 Å². The Kier molecular flexibility index (Phi) is 5.58. The van der Waals surface area contributed by atoms with Gasteiger partial charge in [0.2, 0.25) is 5.91 Å². The lowest BCUT2D eigenvalue weighted by Crippen LogP contribution is -2.37. The van der Waals surface area contributed by atoms with Crippen molar-refractivity contribution in [3.05, 3.63) is 59.7 Å². The first-order valence-electron chi connectivity index (χ1n) is 9.79. The van der Waals surface area contributed by atoms with E-state index in [1.165, 1.54) is 12.8 Å². The zero-order valence-corrected chi connectivity index (χ0v) is 15.8. The number of rotatable bonds is 6. The smallest absolute Gasteiger partial charge is 0.262 e. The zero-order valence-electron chi connectivity index (χ0n) is 15.8. The molecule has 6 nitrogen and oxygen atoms in total. The van der Waals surface area contributed by atoms with Gasteiger partial charge in [-0.3, -0.25) is 9.59 Å². The standard InChI is InChI=1S/C22H25N3O3/c26-21(13-16-8-9-20-18(12-16)23-22(27)15-28-20)24-19(14-25-10-4-5-11-25)17-6-2-1-3-7-17/h1-3,6-9,12,19H,4-5,10-11,13-15H2,(H,23,27)(H,24,26). The van der Waals surface area contributed by atoms with Gasteiger partial charge in [-0.05, 0) is 49.2 Å². The van der Waals surface area contributed by atoms with E-state index in [4.69, 9.17) is 4.74 Å². The number of carbonyl (C=O) groups is 2. The lowest BCUT2D eigenvalue weighted by molar-refractivity contribution is -0.121. The van der Waals surface area contributed by atoms with Crippen LogP contribution in [0.4, 0.5) is 5.69 Å². The molecule has 0 saturated carbocycles. The van der Waals surface area contributed by atoms with E-state index in [2.05, 4.69) is 27.7 Å². The number of amides is 2. The molecule has 0 radical (unpaired) electrons. The summed E-state index contributed by atoms with van der Waals surface area (Å²) < 4.78 is 5.37. The number of fused-ring (bicyclic) bond motifs is 1. The molecule has 0 bridgehead atoms. The van der Waals surface area contributed by atoms with Crippen LogP contribution in [0.15, 0.2) is 48.5 Å². The summed E-state index contributed by atoms with van der Waals surface area (Å²) in [6.07, 6.45) is 2.70. The van der Waals surface area contributed by atoms with Crippen LogP contribution in [-0.4, -0.2) is 43.0 Å². The van der Waals surface area contributed by atoms with Gasteiger partial charge in [0.05, 0.1) is 18.2 Å². The number of likely N-dealkylation sites (tertiary alicyclic amines) is 1. The topological polar surface area (TPSA) is 70.7 Å². The number of anilines is 1. The second kappa shape index (κ2) is 8.44. The van der Waals surface area contributed by atoms with Crippen molar-refractivity contribution in [2.75, 3.05) is 31.6 Å². The van der Waals surface area contributed by atoms with Gasteiger partial charge in [0.25, 0.3) is 5.91 Å². The number of nitrogens with one attached hydrogen (secondary N) is 2. The molecule has 0 aromatic heterocycles. The summed E-state index contributed by atoms with van der Waals surface area (Å²) in [5, 5.41) is 5.98. The highest BCUT2D eigenvalue weighted by Crippen LogP contribution is 2.28. The summed E-state index contributed by atoms with van der Waals surface area (Å²) in [4.78, 5) is 26.7. The molecule has 28 heavy (non-hydrogen) atoms. The lowest BCUT2D eigenvalue weighted by atomic mass is 10.0. The van der Waals surface area contributed by atoms with E-state index in [1.807, 2.05) is 30.3 Å². The molecule has 6 heteroatoms. The SMILES string of the molecule is O=C1COc2ccc(CC(=O)NC(CN3CCCC3)c3ccccc3)cc2N1. The number of benzene rings is 2. The Morgan fingerprint density at radius 2 is 1.93 bits per heavy atom. The van der Waals surface area contributed by atoms with Crippen LogP contribution >= 0.6 is 0 Å². The number of nitrogens with zero attached hydrogens (tertiary/aromatic N) is 1. The average molecular weight is 379 g/mol. The van der Waals surface area contributed by atoms with Crippen LogP contribution in [0.2, 0.25) is 0 Å². The van der Waals surface area contributed by atoms with E-state index in [-0.39, 0.29) is 30.9 Å². The molecule has 146 valence electrons. The number of carbonyl (C=O) groups excluding carboxylic acids is 2. The summed E-state index contributed by atoms with van der Waals surface area (Å²) in [7, 11) is 0. The van der Waals surface area contributed by atoms with Crippen LogP contribution in [0.3, 0.4) is 0 Å². The molecule has 2 amide bonds. The predicted molar refractivity (Wildman–Crippen MR) is 107 cm³/mol. The molecule has 2 aliphatic rings. The minimum Gasteiger partial charge on any atom is -0.482 e. The summed E-state index contributed by atoms with van der Waals surface area (Å²) >= 11 is 0. The molecular weight excluding hydrogens is 354 g/mol. The Morgan fingerprint density at radius 3 is 2.71 bits per heavy atom. The average Bonchev–Trinajstić information content (AvgIpc) is 3.21. The van der Waals surface area contributed by atoms with Crippen LogP contribution < -0.4 is 15.4 Å². The second-order valence-corrected chi connectivity index (χ2v) is 7.38. The Morgan fingerprint density at radius 1 is 1.14 bits per heavy atom. The van der Waals surface area contributed by atoms with E-state index in [1.54, 1.807) is 6.07 Å². The number of hydrogen-bond donors (Lipinski definition) is 2. The predicted octanol–water partition coefficient (Wildman–Crippen LogP) is 2.51. The number of ether oxygens (including phenoxy) is 1. The zero-order chi connectivity index (χ0) is 19.3. The largest absolute Gasteiger partial charge is 0.482 e. The van der Waals surface area contributed by atoms with Crippen LogP contribution in [0.1, 0.15) is 30.0 Å². The van der Waals surface area contributed by atoms with Crippen molar-refractivity contribution in [3.63, 3.8) is 0 Å². The molecule has 1 unspecified atom stereocenters. The van der Waals surface area contributed by atoms with Crippen molar-refractivity contribution >= 4 is 17.5 Å². The molecule has 2 N–H and O–H groups in total. The van der Waals surface area contributed by atoms with Gasteiger partial charge in [-0.2, -0.15) is 0 Å². The molecule has 4 rings (SSSR count). The highest BCUT2D eigenvalue weighted by molar-refractivity contribution is 5.95. The molecule has 2 aliphatic heterocycles. The van der Waals surface area contributed by atoms with Crippen LogP contribution in [-0.2, 0) is 16.0 Å². The van der Waals surface area contributed by atoms with Crippen molar-refractivity contribution in [1.82, 2.24) is 10.2 Å². The van der Waals surface area contributed by atoms with E-state index in [0.717, 1.165) is 30.8 Å². The van der Waals surface area contributed by atoms with Gasteiger partial charge in [0.1, 0.15) is 5.75 Å². The van der Waals surface area contributed by atoms with Gasteiger partial charge in [0, 0.05) is 6.54 Å². The van der Waals surface area contributed by atoms with Crippen molar-refractivity contribution in [2.24, 2.45) is 0 Å². The number of hydrogen-bond acceptors (Lipinski definition) is 4. The molecular formula is C22H25N3O3. The monoisotopic (exact) mass is 379 g/mol. The summed E-state index contributed by atoms with van der Waals surface area (Å²) in [6.45, 7) is 3.03. The third kappa shape index (κ3) is 4.51. The maximum atomic E-state index is 12.8. The minimum absolute atomic E-state index is 0.0298. The van der Waals surface area contributed by atoms with Gasteiger partial charge in [-0.25, -0.2) is 0 Å². The molecule has 2 heterocycles. The third-order valence-electron chi connectivity index (χ3n) is 5.22. The molecule has 2 aromatic carbocycles. The maximum absolute atomic E-state index is 12.8. The van der Waals surface area contributed by atoms with Crippen molar-refractivity contribution in [2.45, 2.75) is 25.3 Å². The molecule has 2 aromatic rings. The fraction of sp³-hybridized carbons (Fsp3) is 0.364. The van der Waals surface area contributed by atoms with Crippen molar-refractivity contribution in [3.8, 4) is 5.75 Å². The van der Waals surface area contributed by atoms with Crippen molar-refractivity contribution in [1.29, 1.82) is 0 Å². The lowest BCUT2D eigenvalue weighted by Gasteiger charge is -2.25. The summed E-state index contributed by atoms with van der Waals surface area (Å²) in [5.41, 5.74) is 2.59. The van der Waals surface area contributed by atoms with E-state index < -0.39 is 0 Å². The van der Waals surface area contributed by atoms with E-state index in [0.29, 0.717) is 11.4 Å². The Bertz CT molecular complexity index is 847. The molecule has 0 spiro atoms. The molecule has 0 aliphatic carbocycles. The molecule has 1 saturated heterocycles. The van der Waals surface area contributed by atoms with Crippen LogP contribution in [0.25, 0.3) is 0 Å².